The van der Waals surface area contributed by atoms with Crippen molar-refractivity contribution < 1.29 is 9.90 Å². The van der Waals surface area contributed by atoms with Crippen LogP contribution in [0.1, 0.15) is 5.69 Å². The van der Waals surface area contributed by atoms with Crippen LogP contribution < -0.4 is 0 Å². The molecule has 0 atom stereocenters. The van der Waals surface area contributed by atoms with Crippen molar-refractivity contribution in [3.8, 4) is 11.4 Å². The summed E-state index contributed by atoms with van der Waals surface area (Å²) in [6.45, 7) is 3.46. The molecule has 1 aromatic carbocycles. The fraction of sp³-hybridized carbons (Fsp3) is 0. The lowest BCUT2D eigenvalue weighted by Gasteiger charge is -1.96. The quantitative estimate of drug-likeness (QED) is 0.769. The Balaban J connectivity index is 2.34. The van der Waals surface area contributed by atoms with Gasteiger partial charge in [-0.05, 0) is 0 Å². The Kier molecular flexibility index (Phi) is 2.55. The molecule has 0 radical (unpaired) electrons. The number of carboxylic acids is 1. The molecule has 0 aliphatic rings. The highest BCUT2D eigenvalue weighted by Crippen LogP contribution is 2.17. The maximum Gasteiger partial charge on any atom is 0.337 e. The van der Waals surface area contributed by atoms with Crippen LogP contribution in [-0.2, 0) is 4.79 Å². The molecule has 0 amide bonds. The zero-order valence-corrected chi connectivity index (χ0v) is 8.47. The molecular formula is C12H10N2O2. The molecule has 1 aromatic heterocycles. The van der Waals surface area contributed by atoms with Crippen molar-refractivity contribution >= 4 is 11.5 Å². The Hall–Kier alpha value is -2.36. The van der Waals surface area contributed by atoms with Crippen LogP contribution in [0.3, 0.4) is 0 Å². The highest BCUT2D eigenvalue weighted by atomic mass is 16.4. The molecule has 0 aliphatic carbocycles. The molecule has 4 heteroatoms. The number of aromatic amines is 1. The molecule has 0 saturated carbocycles. The van der Waals surface area contributed by atoms with E-state index >= 15 is 0 Å². The van der Waals surface area contributed by atoms with Crippen molar-refractivity contribution in [2.24, 2.45) is 0 Å². The first-order valence-corrected chi connectivity index (χ1v) is 4.71. The van der Waals surface area contributed by atoms with Crippen LogP contribution >= 0.6 is 0 Å². The SMILES string of the molecule is C=C(C(=O)O)c1cnc(-c2ccccc2)[nH]1. The minimum atomic E-state index is -1.05. The standard InChI is InChI=1S/C12H10N2O2/c1-8(12(15)16)10-7-13-11(14-10)9-5-3-2-4-6-9/h2-7H,1H2,(H,13,14)(H,15,16). The first-order chi connectivity index (χ1) is 7.68. The third-order valence-corrected chi connectivity index (χ3v) is 2.21. The van der Waals surface area contributed by atoms with Crippen LogP contribution in [0.5, 0.6) is 0 Å². The number of carboxylic acid groups (broad SMARTS) is 1. The number of nitrogens with one attached hydrogen (secondary N) is 1. The van der Waals surface area contributed by atoms with E-state index in [0.717, 1.165) is 5.56 Å². The largest absolute Gasteiger partial charge is 0.478 e. The van der Waals surface area contributed by atoms with Gasteiger partial charge in [-0.15, -0.1) is 0 Å². The Labute approximate surface area is 92.3 Å². The monoisotopic (exact) mass is 214 g/mol. The van der Waals surface area contributed by atoms with E-state index < -0.39 is 5.97 Å². The Morgan fingerprint density at radius 2 is 2.00 bits per heavy atom. The van der Waals surface area contributed by atoms with Crippen molar-refractivity contribution in [1.82, 2.24) is 9.97 Å². The summed E-state index contributed by atoms with van der Waals surface area (Å²) in [6.07, 6.45) is 1.47. The van der Waals surface area contributed by atoms with E-state index in [1.54, 1.807) is 0 Å². The fourth-order valence-corrected chi connectivity index (χ4v) is 1.33. The van der Waals surface area contributed by atoms with Gasteiger partial charge in [-0.25, -0.2) is 9.78 Å². The van der Waals surface area contributed by atoms with Crippen LogP contribution in [0.25, 0.3) is 17.0 Å². The van der Waals surface area contributed by atoms with E-state index in [1.165, 1.54) is 6.20 Å². The molecule has 0 aliphatic heterocycles. The second-order valence-electron chi connectivity index (χ2n) is 3.30. The van der Waals surface area contributed by atoms with E-state index in [9.17, 15) is 4.79 Å². The van der Waals surface area contributed by atoms with E-state index in [-0.39, 0.29) is 5.57 Å². The van der Waals surface area contributed by atoms with Gasteiger partial charge in [0.05, 0.1) is 17.5 Å². The predicted molar refractivity (Wildman–Crippen MR) is 60.7 cm³/mol. The van der Waals surface area contributed by atoms with Crippen LogP contribution in [0.4, 0.5) is 0 Å². The number of aromatic nitrogens is 2. The summed E-state index contributed by atoms with van der Waals surface area (Å²) in [6, 6.07) is 9.48. The zero-order valence-electron chi connectivity index (χ0n) is 8.47. The van der Waals surface area contributed by atoms with Gasteiger partial charge in [0.15, 0.2) is 0 Å². The molecule has 4 nitrogen and oxygen atoms in total. The van der Waals surface area contributed by atoms with Gasteiger partial charge in [0.25, 0.3) is 0 Å². The maximum atomic E-state index is 10.7. The first-order valence-electron chi connectivity index (χ1n) is 4.71. The van der Waals surface area contributed by atoms with Crippen molar-refractivity contribution in [1.29, 1.82) is 0 Å². The highest BCUT2D eigenvalue weighted by Gasteiger charge is 2.10. The number of hydrogen-bond donors (Lipinski definition) is 2. The molecule has 0 bridgehead atoms. The number of hydrogen-bond acceptors (Lipinski definition) is 2. The molecule has 0 unspecified atom stereocenters. The van der Waals surface area contributed by atoms with E-state index in [2.05, 4.69) is 16.5 Å². The minimum Gasteiger partial charge on any atom is -0.478 e. The summed E-state index contributed by atoms with van der Waals surface area (Å²) >= 11 is 0. The number of imidazole rings is 1. The summed E-state index contributed by atoms with van der Waals surface area (Å²) < 4.78 is 0. The molecule has 2 N–H and O–H groups in total. The van der Waals surface area contributed by atoms with E-state index in [0.29, 0.717) is 11.5 Å². The van der Waals surface area contributed by atoms with Crippen LogP contribution in [0.2, 0.25) is 0 Å². The van der Waals surface area contributed by atoms with Gasteiger partial charge in [0, 0.05) is 5.56 Å². The lowest BCUT2D eigenvalue weighted by molar-refractivity contribution is -0.130. The molecule has 1 heterocycles. The van der Waals surface area contributed by atoms with Gasteiger partial charge in [0.2, 0.25) is 0 Å². The lowest BCUT2D eigenvalue weighted by atomic mass is 10.2. The maximum absolute atomic E-state index is 10.7. The second kappa shape index (κ2) is 4.02. The number of benzene rings is 1. The van der Waals surface area contributed by atoms with Gasteiger partial charge in [-0.3, -0.25) is 0 Å². The van der Waals surface area contributed by atoms with Crippen molar-refractivity contribution in [3.05, 3.63) is 48.8 Å². The normalized spacial score (nSPS) is 10.0. The van der Waals surface area contributed by atoms with Crippen LogP contribution in [0, 0.1) is 0 Å². The molecule has 0 spiro atoms. The molecule has 2 rings (SSSR count). The van der Waals surface area contributed by atoms with Gasteiger partial charge < -0.3 is 10.1 Å². The number of carbonyl (C=O) groups is 1. The smallest absolute Gasteiger partial charge is 0.337 e. The van der Waals surface area contributed by atoms with E-state index in [4.69, 9.17) is 5.11 Å². The van der Waals surface area contributed by atoms with Gasteiger partial charge in [-0.1, -0.05) is 36.9 Å². The summed E-state index contributed by atoms with van der Waals surface area (Å²) in [5, 5.41) is 8.77. The topological polar surface area (TPSA) is 66.0 Å². The number of H-pyrrole nitrogens is 1. The van der Waals surface area contributed by atoms with Gasteiger partial charge in [-0.2, -0.15) is 0 Å². The molecule has 2 aromatic rings. The minimum absolute atomic E-state index is 0.00896. The number of rotatable bonds is 3. The van der Waals surface area contributed by atoms with Crippen LogP contribution in [0.15, 0.2) is 43.1 Å². The third-order valence-electron chi connectivity index (χ3n) is 2.21. The summed E-state index contributed by atoms with van der Waals surface area (Å²) in [7, 11) is 0. The molecule has 80 valence electrons. The summed E-state index contributed by atoms with van der Waals surface area (Å²) in [5.74, 6) is -0.415. The van der Waals surface area contributed by atoms with E-state index in [1.807, 2.05) is 30.3 Å². The first kappa shape index (κ1) is 10.2. The average Bonchev–Trinajstić information content (AvgIpc) is 2.78. The fourth-order valence-electron chi connectivity index (χ4n) is 1.33. The third kappa shape index (κ3) is 1.86. The molecule has 0 saturated heterocycles. The van der Waals surface area contributed by atoms with Gasteiger partial charge in [0.1, 0.15) is 5.82 Å². The lowest BCUT2D eigenvalue weighted by Crippen LogP contribution is -1.97. The highest BCUT2D eigenvalue weighted by molar-refractivity contribution is 6.13. The average molecular weight is 214 g/mol. The summed E-state index contributed by atoms with van der Waals surface area (Å²) in [4.78, 5) is 17.7. The second-order valence-corrected chi connectivity index (χ2v) is 3.30. The molecule has 0 fully saturated rings. The van der Waals surface area contributed by atoms with Gasteiger partial charge >= 0.3 is 5.97 Å². The molecule has 16 heavy (non-hydrogen) atoms. The van der Waals surface area contributed by atoms with Crippen LogP contribution in [-0.4, -0.2) is 21.0 Å². The summed E-state index contributed by atoms with van der Waals surface area (Å²) in [5.41, 5.74) is 1.34. The van der Waals surface area contributed by atoms with Crippen molar-refractivity contribution in [3.63, 3.8) is 0 Å². The predicted octanol–water partition coefficient (Wildman–Crippen LogP) is 2.17. The van der Waals surface area contributed by atoms with Crippen molar-refractivity contribution in [2.75, 3.05) is 0 Å². The number of nitrogens with zero attached hydrogens (tertiary/aromatic N) is 1. The van der Waals surface area contributed by atoms with Crippen molar-refractivity contribution in [2.45, 2.75) is 0 Å². The number of aliphatic carboxylic acids is 1. The Morgan fingerprint density at radius 3 is 2.62 bits per heavy atom. The Morgan fingerprint density at radius 1 is 1.31 bits per heavy atom. The zero-order chi connectivity index (χ0) is 11.5. The Bertz CT molecular complexity index is 529. The molecular weight excluding hydrogens is 204 g/mol.